The third-order valence-electron chi connectivity index (χ3n) is 6.87. The molecule has 2 aliphatic heterocycles. The molecular formula is C23H30N4O5S. The van der Waals surface area contributed by atoms with Crippen LogP contribution in [0, 0.1) is 11.8 Å². The number of hydrogen-bond donors (Lipinski definition) is 1. The van der Waals surface area contributed by atoms with Crippen LogP contribution in [0.3, 0.4) is 0 Å². The molecule has 2 heterocycles. The predicted molar refractivity (Wildman–Crippen MR) is 126 cm³/mol. The molecule has 178 valence electrons. The van der Waals surface area contributed by atoms with Gasteiger partial charge in [0.05, 0.1) is 31.7 Å². The first-order chi connectivity index (χ1) is 15.9. The molecule has 0 bridgehead atoms. The summed E-state index contributed by atoms with van der Waals surface area (Å²) in [5, 5.41) is 3.45. The quantitative estimate of drug-likeness (QED) is 0.500. The second kappa shape index (κ2) is 9.94. The van der Waals surface area contributed by atoms with E-state index in [1.54, 1.807) is 12.0 Å². The molecular weight excluding hydrogens is 444 g/mol. The summed E-state index contributed by atoms with van der Waals surface area (Å²) in [5.41, 5.74) is 1.01. The van der Waals surface area contributed by atoms with Crippen LogP contribution in [0.25, 0.3) is 0 Å². The minimum atomic E-state index is -0.284. The molecule has 2 saturated heterocycles. The number of carbonyl (C=O) groups excluding carboxylic acids is 3. The van der Waals surface area contributed by atoms with Gasteiger partial charge >= 0.3 is 5.97 Å². The highest BCUT2D eigenvalue weighted by molar-refractivity contribution is 7.80. The molecule has 1 aromatic carbocycles. The van der Waals surface area contributed by atoms with Gasteiger partial charge < -0.3 is 24.6 Å². The van der Waals surface area contributed by atoms with Gasteiger partial charge in [0.1, 0.15) is 12.3 Å². The number of carbonyl (C=O) groups is 3. The molecule has 1 saturated carbocycles. The molecule has 3 unspecified atom stereocenters. The van der Waals surface area contributed by atoms with Crippen LogP contribution in [0.4, 0.5) is 5.69 Å². The summed E-state index contributed by atoms with van der Waals surface area (Å²) in [5.74, 6) is -0.204. The van der Waals surface area contributed by atoms with Gasteiger partial charge in [0.15, 0.2) is 5.11 Å². The van der Waals surface area contributed by atoms with E-state index in [1.165, 1.54) is 12.0 Å². The third kappa shape index (κ3) is 4.75. The Morgan fingerprint density at radius 3 is 2.55 bits per heavy atom. The van der Waals surface area contributed by atoms with Gasteiger partial charge in [-0.05, 0) is 43.6 Å². The van der Waals surface area contributed by atoms with Gasteiger partial charge in [-0.2, -0.15) is 0 Å². The highest BCUT2D eigenvalue weighted by Gasteiger charge is 2.45. The van der Waals surface area contributed by atoms with E-state index in [9.17, 15) is 14.4 Å². The predicted octanol–water partition coefficient (Wildman–Crippen LogP) is 1.02. The number of nitrogens with zero attached hydrogens (tertiary/aromatic N) is 3. The van der Waals surface area contributed by atoms with Crippen molar-refractivity contribution >= 4 is 40.8 Å². The van der Waals surface area contributed by atoms with Crippen LogP contribution in [0.2, 0.25) is 0 Å². The summed E-state index contributed by atoms with van der Waals surface area (Å²) >= 11 is 5.42. The number of nitrogens with one attached hydrogen (secondary N) is 1. The van der Waals surface area contributed by atoms with Gasteiger partial charge in [-0.3, -0.25) is 19.3 Å². The fourth-order valence-corrected chi connectivity index (χ4v) is 5.32. The Bertz CT molecular complexity index is 933. The molecule has 2 amide bonds. The van der Waals surface area contributed by atoms with Gasteiger partial charge in [-0.25, -0.2) is 0 Å². The van der Waals surface area contributed by atoms with Crippen LogP contribution in [-0.4, -0.2) is 85.7 Å². The minimum Gasteiger partial charge on any atom is -0.495 e. The van der Waals surface area contributed by atoms with Crippen molar-refractivity contribution in [2.45, 2.75) is 25.3 Å². The first-order valence-corrected chi connectivity index (χ1v) is 11.7. The van der Waals surface area contributed by atoms with Crippen molar-refractivity contribution in [3.05, 3.63) is 24.3 Å². The summed E-state index contributed by atoms with van der Waals surface area (Å²) < 4.78 is 10.3. The molecule has 3 fully saturated rings. The van der Waals surface area contributed by atoms with E-state index in [1.807, 2.05) is 24.3 Å². The van der Waals surface area contributed by atoms with Crippen LogP contribution in [0.15, 0.2) is 24.3 Å². The van der Waals surface area contributed by atoms with Crippen LogP contribution in [0.1, 0.15) is 19.3 Å². The largest absolute Gasteiger partial charge is 0.495 e. The monoisotopic (exact) mass is 474 g/mol. The average Bonchev–Trinajstić information content (AvgIpc) is 2.85. The third-order valence-corrected chi connectivity index (χ3v) is 7.21. The smallest absolute Gasteiger partial charge is 0.308 e. The number of para-hydroxylation sites is 2. The highest BCUT2D eigenvalue weighted by Crippen LogP contribution is 2.34. The number of amides is 2. The van der Waals surface area contributed by atoms with Crippen molar-refractivity contribution < 1.29 is 23.9 Å². The van der Waals surface area contributed by atoms with Crippen molar-refractivity contribution in [1.29, 1.82) is 0 Å². The van der Waals surface area contributed by atoms with E-state index in [-0.39, 0.29) is 47.3 Å². The molecule has 4 rings (SSSR count). The zero-order valence-electron chi connectivity index (χ0n) is 19.0. The first kappa shape index (κ1) is 23.3. The first-order valence-electron chi connectivity index (χ1n) is 11.3. The van der Waals surface area contributed by atoms with Crippen molar-refractivity contribution in [2.24, 2.45) is 11.8 Å². The van der Waals surface area contributed by atoms with Crippen molar-refractivity contribution in [2.75, 3.05) is 51.8 Å². The van der Waals surface area contributed by atoms with Gasteiger partial charge in [-0.15, -0.1) is 0 Å². The Kier molecular flexibility index (Phi) is 7.02. The second-order valence-electron chi connectivity index (χ2n) is 8.66. The molecule has 3 atom stereocenters. The lowest BCUT2D eigenvalue weighted by Crippen LogP contribution is -2.63. The number of hydrogen-bond acceptors (Lipinski definition) is 7. The maximum Gasteiger partial charge on any atom is 0.308 e. The summed E-state index contributed by atoms with van der Waals surface area (Å²) in [7, 11) is 3.03. The number of esters is 1. The van der Waals surface area contributed by atoms with E-state index in [0.29, 0.717) is 45.4 Å². The van der Waals surface area contributed by atoms with E-state index in [0.717, 1.165) is 11.4 Å². The Morgan fingerprint density at radius 2 is 1.85 bits per heavy atom. The number of anilines is 1. The Balaban J connectivity index is 1.33. The van der Waals surface area contributed by atoms with Gasteiger partial charge in [0.25, 0.3) is 0 Å². The minimum absolute atomic E-state index is 0.0665. The normalized spacial score (nSPS) is 25.3. The molecule has 1 N–H and O–H groups in total. The molecule has 0 radical (unpaired) electrons. The summed E-state index contributed by atoms with van der Waals surface area (Å²) in [6.07, 6.45) is 1.68. The lowest BCUT2D eigenvalue weighted by atomic mass is 9.76. The summed E-state index contributed by atoms with van der Waals surface area (Å²) in [6, 6.07) is 7.64. The van der Waals surface area contributed by atoms with Crippen molar-refractivity contribution in [1.82, 2.24) is 15.1 Å². The molecule has 1 aliphatic carbocycles. The van der Waals surface area contributed by atoms with E-state index in [2.05, 4.69) is 10.2 Å². The molecule has 0 spiro atoms. The van der Waals surface area contributed by atoms with Crippen LogP contribution >= 0.6 is 12.2 Å². The SMILES string of the molecule is COC(=O)C1CCC2C(=O)N(CC(=O)N3CCN(c4ccccc4OC)CC3)C(=S)NC2C1. The van der Waals surface area contributed by atoms with E-state index < -0.39 is 0 Å². The molecule has 0 aromatic heterocycles. The molecule has 3 aliphatic rings. The fourth-order valence-electron chi connectivity index (χ4n) is 5.02. The maximum absolute atomic E-state index is 13.1. The van der Waals surface area contributed by atoms with Crippen molar-refractivity contribution in [3.63, 3.8) is 0 Å². The van der Waals surface area contributed by atoms with E-state index in [4.69, 9.17) is 21.7 Å². The number of rotatable bonds is 5. The maximum atomic E-state index is 13.1. The average molecular weight is 475 g/mol. The number of methoxy groups -OCH3 is 2. The number of fused-ring (bicyclic) bond motifs is 1. The zero-order valence-corrected chi connectivity index (χ0v) is 19.8. The topological polar surface area (TPSA) is 91.4 Å². The Labute approximate surface area is 199 Å². The van der Waals surface area contributed by atoms with Crippen LogP contribution < -0.4 is 15.0 Å². The van der Waals surface area contributed by atoms with Crippen molar-refractivity contribution in [3.8, 4) is 5.75 Å². The summed E-state index contributed by atoms with van der Waals surface area (Å²) in [6.45, 7) is 2.42. The second-order valence-corrected chi connectivity index (χ2v) is 9.05. The Morgan fingerprint density at radius 1 is 1.12 bits per heavy atom. The number of thiocarbonyl (C=S) groups is 1. The Hall–Kier alpha value is -2.88. The molecule has 9 nitrogen and oxygen atoms in total. The van der Waals surface area contributed by atoms with Crippen LogP contribution in [0.5, 0.6) is 5.75 Å². The number of benzene rings is 1. The van der Waals surface area contributed by atoms with Gasteiger partial charge in [0, 0.05) is 32.2 Å². The zero-order chi connectivity index (χ0) is 23.5. The standard InChI is InChI=1S/C23H30N4O5S/c1-31-19-6-4-3-5-18(19)25-9-11-26(12-10-25)20(28)14-27-21(29)16-8-7-15(22(30)32-2)13-17(16)24-23(27)33/h3-6,15-17H,7-14H2,1-2H3,(H,24,33). The summed E-state index contributed by atoms with van der Waals surface area (Å²) in [4.78, 5) is 43.4. The van der Waals surface area contributed by atoms with Crippen LogP contribution in [-0.2, 0) is 19.1 Å². The lowest BCUT2D eigenvalue weighted by Gasteiger charge is -2.43. The molecule has 1 aromatic rings. The molecule has 33 heavy (non-hydrogen) atoms. The van der Waals surface area contributed by atoms with E-state index >= 15 is 0 Å². The number of ether oxygens (including phenoxy) is 2. The van der Waals surface area contributed by atoms with Gasteiger partial charge in [0.2, 0.25) is 11.8 Å². The highest BCUT2D eigenvalue weighted by atomic mass is 32.1. The fraction of sp³-hybridized carbons (Fsp3) is 0.565. The number of piperazine rings is 1. The lowest BCUT2D eigenvalue weighted by molar-refractivity contribution is -0.149. The van der Waals surface area contributed by atoms with Gasteiger partial charge in [-0.1, -0.05) is 12.1 Å². The molecule has 10 heteroatoms.